The van der Waals surface area contributed by atoms with Crippen LogP contribution >= 0.6 is 0 Å². The van der Waals surface area contributed by atoms with E-state index in [1.54, 1.807) is 6.08 Å². The van der Waals surface area contributed by atoms with Gasteiger partial charge in [0.15, 0.2) is 0 Å². The summed E-state index contributed by atoms with van der Waals surface area (Å²) in [5, 5.41) is 0. The molecule has 0 aliphatic heterocycles. The Kier molecular flexibility index (Phi) is 4.40. The van der Waals surface area contributed by atoms with Crippen molar-refractivity contribution in [1.29, 1.82) is 0 Å². The van der Waals surface area contributed by atoms with E-state index in [9.17, 15) is 21.6 Å². The molecule has 7 heteroatoms. The summed E-state index contributed by atoms with van der Waals surface area (Å²) in [5.74, 6) is 2.96. The molecule has 6 atom stereocenters. The van der Waals surface area contributed by atoms with E-state index in [1.165, 1.54) is 32.1 Å². The lowest BCUT2D eigenvalue weighted by atomic mass is 9.50. The van der Waals surface area contributed by atoms with Gasteiger partial charge < -0.3 is 4.18 Å². The summed E-state index contributed by atoms with van der Waals surface area (Å²) in [6.45, 7) is 1.91. The summed E-state index contributed by atoms with van der Waals surface area (Å²) in [6, 6.07) is 0. The first-order valence-corrected chi connectivity index (χ1v) is 11.3. The average Bonchev–Trinajstić information content (AvgIpc) is 2.90. The van der Waals surface area contributed by atoms with Gasteiger partial charge in [0.25, 0.3) is 0 Å². The summed E-state index contributed by atoms with van der Waals surface area (Å²) in [4.78, 5) is 0. The van der Waals surface area contributed by atoms with E-state index < -0.39 is 21.0 Å². The molecule has 0 aromatic carbocycles. The quantitative estimate of drug-likeness (QED) is 0.467. The van der Waals surface area contributed by atoms with Crippen LogP contribution in [0, 0.1) is 35.0 Å². The van der Waals surface area contributed by atoms with Crippen LogP contribution < -0.4 is 0 Å². The van der Waals surface area contributed by atoms with Crippen LogP contribution in [0.25, 0.3) is 0 Å². The molecule has 4 aliphatic rings. The maximum Gasteiger partial charge on any atom is 0.534 e. The largest absolute Gasteiger partial charge is 0.534 e. The molecule has 26 heavy (non-hydrogen) atoms. The molecule has 0 aromatic heterocycles. The minimum Gasteiger partial charge on any atom is -0.380 e. The molecule has 0 saturated heterocycles. The maximum absolute atomic E-state index is 12.7. The van der Waals surface area contributed by atoms with Crippen molar-refractivity contribution in [3.8, 4) is 0 Å². The zero-order valence-electron chi connectivity index (χ0n) is 15.1. The Morgan fingerprint density at radius 2 is 1.77 bits per heavy atom. The Morgan fingerprint density at radius 3 is 2.50 bits per heavy atom. The van der Waals surface area contributed by atoms with Crippen molar-refractivity contribution >= 4 is 10.1 Å². The van der Waals surface area contributed by atoms with Gasteiger partial charge in [-0.05, 0) is 74.2 Å². The van der Waals surface area contributed by atoms with E-state index in [-0.39, 0.29) is 11.7 Å². The van der Waals surface area contributed by atoms with Crippen molar-refractivity contribution in [1.82, 2.24) is 0 Å². The second-order valence-corrected chi connectivity index (χ2v) is 10.5. The van der Waals surface area contributed by atoms with Crippen molar-refractivity contribution in [2.24, 2.45) is 35.0 Å². The van der Waals surface area contributed by atoms with Crippen molar-refractivity contribution in [3.63, 3.8) is 0 Å². The molecule has 0 N–H and O–H groups in total. The van der Waals surface area contributed by atoms with Gasteiger partial charge in [0.2, 0.25) is 0 Å². The highest BCUT2D eigenvalue weighted by Gasteiger charge is 2.57. The van der Waals surface area contributed by atoms with Gasteiger partial charge in [-0.15, -0.1) is 0 Å². The summed E-state index contributed by atoms with van der Waals surface area (Å²) in [6.07, 6.45) is 11.5. The first-order valence-electron chi connectivity index (χ1n) is 9.85. The predicted molar refractivity (Wildman–Crippen MR) is 91.3 cm³/mol. The summed E-state index contributed by atoms with van der Waals surface area (Å²) >= 11 is 0. The monoisotopic (exact) mass is 392 g/mol. The van der Waals surface area contributed by atoms with Gasteiger partial charge in [0.1, 0.15) is 5.76 Å². The molecule has 0 amide bonds. The van der Waals surface area contributed by atoms with Gasteiger partial charge in [0, 0.05) is 5.41 Å². The van der Waals surface area contributed by atoms with Crippen LogP contribution in [0.3, 0.4) is 0 Å². The van der Waals surface area contributed by atoms with Crippen LogP contribution in [0.4, 0.5) is 13.2 Å². The number of rotatable bonds is 2. The molecule has 3 nitrogen and oxygen atoms in total. The third-order valence-corrected chi connectivity index (χ3v) is 8.84. The van der Waals surface area contributed by atoms with Crippen molar-refractivity contribution in [3.05, 3.63) is 11.8 Å². The molecule has 0 radical (unpaired) electrons. The van der Waals surface area contributed by atoms with Gasteiger partial charge in [-0.25, -0.2) is 0 Å². The molecule has 4 aliphatic carbocycles. The van der Waals surface area contributed by atoms with E-state index >= 15 is 0 Å². The Bertz CT molecular complexity index is 699. The third-order valence-electron chi connectivity index (χ3n) is 7.87. The Morgan fingerprint density at radius 1 is 1.04 bits per heavy atom. The fourth-order valence-corrected chi connectivity index (χ4v) is 7.24. The SMILES string of the molecule is CC12CCC3C4CCCCC4CCC3C1CC=C2OS(=O)(=O)C(F)(F)F. The van der Waals surface area contributed by atoms with Crippen LogP contribution in [-0.4, -0.2) is 13.9 Å². The van der Waals surface area contributed by atoms with Crippen molar-refractivity contribution in [2.45, 2.75) is 70.2 Å². The normalized spacial score (nSPS) is 43.1. The highest BCUT2D eigenvalue weighted by atomic mass is 32.2. The number of hydrogen-bond acceptors (Lipinski definition) is 3. The van der Waals surface area contributed by atoms with E-state index in [2.05, 4.69) is 4.18 Å². The molecule has 0 aromatic rings. The fraction of sp³-hybridized carbons (Fsp3) is 0.895. The molecule has 0 heterocycles. The number of halogens is 3. The van der Waals surface area contributed by atoms with Crippen LogP contribution in [0.5, 0.6) is 0 Å². The van der Waals surface area contributed by atoms with Crippen LogP contribution in [0.1, 0.15) is 64.7 Å². The molecule has 6 unspecified atom stereocenters. The van der Waals surface area contributed by atoms with Crippen LogP contribution in [-0.2, 0) is 14.3 Å². The molecule has 3 fully saturated rings. The molecule has 0 bridgehead atoms. The third kappa shape index (κ3) is 2.80. The summed E-state index contributed by atoms with van der Waals surface area (Å²) < 4.78 is 65.9. The smallest absolute Gasteiger partial charge is 0.380 e. The molecular formula is C19H27F3O3S. The lowest BCUT2D eigenvalue weighted by molar-refractivity contribution is -0.0622. The molecule has 0 spiro atoms. The van der Waals surface area contributed by atoms with E-state index in [1.807, 2.05) is 6.92 Å². The van der Waals surface area contributed by atoms with Gasteiger partial charge in [-0.3, -0.25) is 0 Å². The molecular weight excluding hydrogens is 365 g/mol. The maximum atomic E-state index is 12.7. The van der Waals surface area contributed by atoms with Gasteiger partial charge in [-0.2, -0.15) is 21.6 Å². The predicted octanol–water partition coefficient (Wildman–Crippen LogP) is 5.39. The average molecular weight is 392 g/mol. The van der Waals surface area contributed by atoms with E-state index in [0.29, 0.717) is 18.3 Å². The minimum atomic E-state index is -5.59. The van der Waals surface area contributed by atoms with Crippen LogP contribution in [0.15, 0.2) is 11.8 Å². The van der Waals surface area contributed by atoms with Gasteiger partial charge in [0.05, 0.1) is 0 Å². The number of alkyl halides is 3. The number of fused-ring (bicyclic) bond motifs is 5. The first kappa shape index (κ1) is 18.6. The first-order chi connectivity index (χ1) is 12.1. The number of allylic oxidation sites excluding steroid dienone is 2. The fourth-order valence-electron chi connectivity index (χ4n) is 6.65. The lowest BCUT2D eigenvalue weighted by Gasteiger charge is -2.54. The van der Waals surface area contributed by atoms with Crippen molar-refractivity contribution < 1.29 is 25.8 Å². The molecule has 4 rings (SSSR count). The standard InChI is InChI=1S/C19H27F3O3S/c1-18-11-10-14-13-5-3-2-4-12(13)6-7-15(14)16(18)8-9-17(18)25-26(23,24)19(20,21)22/h9,12-16H,2-8,10-11H2,1H3. The highest BCUT2D eigenvalue weighted by Crippen LogP contribution is 2.63. The Hall–Kier alpha value is -0.720. The Balaban J connectivity index is 1.54. The minimum absolute atomic E-state index is 0.0315. The topological polar surface area (TPSA) is 43.4 Å². The number of hydrogen-bond donors (Lipinski definition) is 0. The van der Waals surface area contributed by atoms with Gasteiger partial charge >= 0.3 is 15.6 Å². The zero-order chi connectivity index (χ0) is 18.7. The lowest BCUT2D eigenvalue weighted by Crippen LogP contribution is -2.47. The van der Waals surface area contributed by atoms with Crippen molar-refractivity contribution in [2.75, 3.05) is 0 Å². The second kappa shape index (κ2) is 6.14. The Labute approximate surface area is 153 Å². The molecule has 148 valence electrons. The van der Waals surface area contributed by atoms with Gasteiger partial charge in [-0.1, -0.05) is 26.2 Å². The van der Waals surface area contributed by atoms with E-state index in [4.69, 9.17) is 0 Å². The summed E-state index contributed by atoms with van der Waals surface area (Å²) in [5.41, 5.74) is -5.96. The van der Waals surface area contributed by atoms with Crippen LogP contribution in [0.2, 0.25) is 0 Å². The van der Waals surface area contributed by atoms with E-state index in [0.717, 1.165) is 31.1 Å². The highest BCUT2D eigenvalue weighted by molar-refractivity contribution is 7.87. The molecule has 3 saturated carbocycles. The second-order valence-electron chi connectivity index (χ2n) is 8.96. The zero-order valence-corrected chi connectivity index (χ0v) is 15.9. The summed E-state index contributed by atoms with van der Waals surface area (Å²) in [7, 11) is -5.59.